The molecule has 3 rings (SSSR count). The topological polar surface area (TPSA) is 69.7 Å². The smallest absolute Gasteiger partial charge is 0.210 e. The molecule has 2 aromatic carbocycles. The fourth-order valence-corrected chi connectivity index (χ4v) is 3.67. The fourth-order valence-electron chi connectivity index (χ4n) is 2.94. The number of benzene rings is 2. The minimum atomic E-state index is -3.70. The van der Waals surface area contributed by atoms with Gasteiger partial charge in [0, 0.05) is 11.8 Å². The molecule has 1 heterocycles. The lowest BCUT2D eigenvalue weighted by molar-refractivity contribution is -0.125. The Hall–Kier alpha value is -2.67. The van der Waals surface area contributed by atoms with Gasteiger partial charge in [0.15, 0.2) is 15.4 Å². The van der Waals surface area contributed by atoms with E-state index in [1.807, 2.05) is 0 Å². The van der Waals surface area contributed by atoms with Crippen LogP contribution >= 0.6 is 0 Å². The van der Waals surface area contributed by atoms with Gasteiger partial charge in [-0.1, -0.05) is 12.1 Å². The van der Waals surface area contributed by atoms with Crippen LogP contribution in [0.15, 0.2) is 47.4 Å². The number of hydrogen-bond acceptors (Lipinski definition) is 5. The van der Waals surface area contributed by atoms with Crippen LogP contribution in [0.3, 0.4) is 0 Å². The fraction of sp³-hybridized carbons (Fsp3) is 0.250. The molecule has 0 atom stereocenters. The first kappa shape index (κ1) is 19.1. The Morgan fingerprint density at radius 3 is 2.37 bits per heavy atom. The van der Waals surface area contributed by atoms with Crippen LogP contribution < -0.4 is 4.74 Å². The quantitative estimate of drug-likeness (QED) is 0.799. The van der Waals surface area contributed by atoms with E-state index in [-0.39, 0.29) is 17.1 Å². The molecule has 0 unspecified atom stereocenters. The molecule has 0 aliphatic carbocycles. The van der Waals surface area contributed by atoms with Crippen LogP contribution in [0, 0.1) is 5.82 Å². The molecular formula is C20H19FO5S. The number of carbonyl (C=O) groups excluding carboxylic acids is 1. The number of carbonyl (C=O) groups is 1. The number of ketones is 1. The van der Waals surface area contributed by atoms with E-state index in [2.05, 4.69) is 0 Å². The maximum Gasteiger partial charge on any atom is 0.210 e. The van der Waals surface area contributed by atoms with Gasteiger partial charge in [-0.15, -0.1) is 0 Å². The van der Waals surface area contributed by atoms with Crippen LogP contribution in [0.2, 0.25) is 0 Å². The van der Waals surface area contributed by atoms with Crippen molar-refractivity contribution in [3.63, 3.8) is 0 Å². The molecule has 0 saturated carbocycles. The molecular weight excluding hydrogens is 371 g/mol. The number of sulfone groups is 1. The first-order chi connectivity index (χ1) is 12.5. The number of rotatable bonds is 4. The van der Waals surface area contributed by atoms with E-state index in [9.17, 15) is 17.6 Å². The zero-order valence-corrected chi connectivity index (χ0v) is 16.2. The zero-order valence-electron chi connectivity index (χ0n) is 15.4. The number of halogens is 1. The second-order valence-electron chi connectivity index (χ2n) is 6.79. The first-order valence-corrected chi connectivity index (χ1v) is 10.1. The summed E-state index contributed by atoms with van der Waals surface area (Å²) in [6.45, 7) is 3.26. The van der Waals surface area contributed by atoms with Crippen LogP contribution in [0.1, 0.15) is 25.0 Å². The molecule has 1 aliphatic rings. The number of ether oxygens (including phenoxy) is 2. The molecule has 27 heavy (non-hydrogen) atoms. The third kappa shape index (κ3) is 3.47. The Bertz CT molecular complexity index is 1070. The van der Waals surface area contributed by atoms with Crippen molar-refractivity contribution in [1.82, 2.24) is 0 Å². The number of Topliss-reactive ketones (excluding diaryl/α,β-unsaturated/α-hetero) is 1. The lowest BCUT2D eigenvalue weighted by atomic mass is 9.92. The normalized spacial score (nSPS) is 16.4. The van der Waals surface area contributed by atoms with Crippen molar-refractivity contribution in [1.29, 1.82) is 0 Å². The van der Waals surface area contributed by atoms with E-state index in [4.69, 9.17) is 9.47 Å². The van der Waals surface area contributed by atoms with Crippen molar-refractivity contribution < 1.29 is 27.1 Å². The standard InChI is InChI=1S/C20H19FO5S/c1-20(2)19(22)17(12-6-5-7-14(10-12)25-3)18(26-20)13-8-9-16(15(21)11-13)27(4,23)24/h5-11H,1-4H3. The number of hydrogen-bond donors (Lipinski definition) is 0. The van der Waals surface area contributed by atoms with Crippen LogP contribution in [0.4, 0.5) is 4.39 Å². The van der Waals surface area contributed by atoms with Gasteiger partial charge < -0.3 is 9.47 Å². The van der Waals surface area contributed by atoms with Gasteiger partial charge in [-0.05, 0) is 49.7 Å². The molecule has 1 aliphatic heterocycles. The van der Waals surface area contributed by atoms with Crippen LogP contribution in [0.5, 0.6) is 5.75 Å². The molecule has 0 fully saturated rings. The van der Waals surface area contributed by atoms with Crippen LogP contribution in [0.25, 0.3) is 11.3 Å². The molecule has 0 spiro atoms. The Balaban J connectivity index is 2.21. The Morgan fingerprint density at radius 2 is 1.78 bits per heavy atom. The summed E-state index contributed by atoms with van der Waals surface area (Å²) in [5.41, 5.74) is 0.0364. The van der Waals surface area contributed by atoms with Crippen molar-refractivity contribution >= 4 is 27.0 Å². The predicted molar refractivity (Wildman–Crippen MR) is 99.5 cm³/mol. The van der Waals surface area contributed by atoms with E-state index in [0.29, 0.717) is 16.9 Å². The Morgan fingerprint density at radius 1 is 1.07 bits per heavy atom. The van der Waals surface area contributed by atoms with Gasteiger partial charge in [-0.2, -0.15) is 0 Å². The first-order valence-electron chi connectivity index (χ1n) is 8.17. The van der Waals surface area contributed by atoms with E-state index < -0.39 is 26.2 Å². The summed E-state index contributed by atoms with van der Waals surface area (Å²) in [6.07, 6.45) is 0.935. The molecule has 142 valence electrons. The summed E-state index contributed by atoms with van der Waals surface area (Å²) in [4.78, 5) is 12.5. The SMILES string of the molecule is COc1cccc(C2=C(c3ccc(S(C)(=O)=O)c(F)c3)OC(C)(C)C2=O)c1. The highest BCUT2D eigenvalue weighted by Gasteiger charge is 2.43. The lowest BCUT2D eigenvalue weighted by Gasteiger charge is -2.18. The molecule has 0 radical (unpaired) electrons. The van der Waals surface area contributed by atoms with Gasteiger partial charge >= 0.3 is 0 Å². The maximum absolute atomic E-state index is 14.4. The highest BCUT2D eigenvalue weighted by atomic mass is 32.2. The van der Waals surface area contributed by atoms with Gasteiger partial charge in [0.2, 0.25) is 5.78 Å². The van der Waals surface area contributed by atoms with E-state index in [0.717, 1.165) is 12.3 Å². The maximum atomic E-state index is 14.4. The van der Waals surface area contributed by atoms with Crippen molar-refractivity contribution in [2.75, 3.05) is 13.4 Å². The van der Waals surface area contributed by atoms with E-state index in [1.165, 1.54) is 19.2 Å². The largest absolute Gasteiger partial charge is 0.497 e. The summed E-state index contributed by atoms with van der Waals surface area (Å²) in [5.74, 6) is -0.376. The minimum absolute atomic E-state index is 0.206. The van der Waals surface area contributed by atoms with Gasteiger partial charge in [0.05, 0.1) is 12.7 Å². The molecule has 0 saturated heterocycles. The molecule has 0 amide bonds. The minimum Gasteiger partial charge on any atom is -0.497 e. The summed E-state index contributed by atoms with van der Waals surface area (Å²) in [6, 6.07) is 10.6. The van der Waals surface area contributed by atoms with Crippen LogP contribution in [-0.2, 0) is 19.4 Å². The predicted octanol–water partition coefficient (Wildman–Crippen LogP) is 3.48. The van der Waals surface area contributed by atoms with Crippen molar-refractivity contribution in [3.8, 4) is 5.75 Å². The highest BCUT2D eigenvalue weighted by Crippen LogP contribution is 2.42. The summed E-state index contributed by atoms with van der Waals surface area (Å²) in [5, 5.41) is 0. The summed E-state index contributed by atoms with van der Waals surface area (Å²) in [7, 11) is -2.18. The lowest BCUT2D eigenvalue weighted by Crippen LogP contribution is -2.29. The zero-order chi connectivity index (χ0) is 20.0. The van der Waals surface area contributed by atoms with Crippen molar-refractivity contribution in [2.24, 2.45) is 0 Å². The van der Waals surface area contributed by atoms with Crippen molar-refractivity contribution in [3.05, 3.63) is 59.4 Å². The van der Waals surface area contributed by atoms with Gasteiger partial charge in [-0.25, -0.2) is 12.8 Å². The van der Waals surface area contributed by atoms with Gasteiger partial charge in [0.25, 0.3) is 0 Å². The third-order valence-corrected chi connectivity index (χ3v) is 5.44. The molecule has 5 nitrogen and oxygen atoms in total. The number of methoxy groups -OCH3 is 1. The molecule has 7 heteroatoms. The molecule has 0 bridgehead atoms. The van der Waals surface area contributed by atoms with Gasteiger partial charge in [-0.3, -0.25) is 4.79 Å². The Labute approximate surface area is 157 Å². The average Bonchev–Trinajstić information content (AvgIpc) is 2.83. The third-order valence-electron chi connectivity index (χ3n) is 4.31. The van der Waals surface area contributed by atoms with E-state index >= 15 is 0 Å². The monoisotopic (exact) mass is 390 g/mol. The van der Waals surface area contributed by atoms with E-state index in [1.54, 1.807) is 38.1 Å². The molecule has 0 N–H and O–H groups in total. The molecule has 2 aromatic rings. The highest BCUT2D eigenvalue weighted by molar-refractivity contribution is 7.90. The second-order valence-corrected chi connectivity index (χ2v) is 8.78. The van der Waals surface area contributed by atoms with Crippen LogP contribution in [-0.4, -0.2) is 33.2 Å². The Kier molecular flexibility index (Phi) is 4.59. The second kappa shape index (κ2) is 6.49. The summed E-state index contributed by atoms with van der Waals surface area (Å²) < 4.78 is 48.7. The summed E-state index contributed by atoms with van der Waals surface area (Å²) >= 11 is 0. The van der Waals surface area contributed by atoms with Gasteiger partial charge in [0.1, 0.15) is 22.2 Å². The molecule has 0 aromatic heterocycles. The average molecular weight is 390 g/mol. The van der Waals surface area contributed by atoms with Crippen molar-refractivity contribution in [2.45, 2.75) is 24.3 Å².